The van der Waals surface area contributed by atoms with Crippen LogP contribution in [0.3, 0.4) is 0 Å². The van der Waals surface area contributed by atoms with Crippen molar-refractivity contribution in [3.63, 3.8) is 0 Å². The van der Waals surface area contributed by atoms with Crippen LogP contribution < -0.4 is 5.73 Å². The van der Waals surface area contributed by atoms with Gasteiger partial charge in [0.05, 0.1) is 12.5 Å². The van der Waals surface area contributed by atoms with Crippen LogP contribution >= 0.6 is 0 Å². The third kappa shape index (κ3) is 2.71. The molecule has 9 heteroatoms. The molecule has 2 unspecified atom stereocenters. The van der Waals surface area contributed by atoms with E-state index in [4.69, 9.17) is 15.9 Å². The molecule has 15 heavy (non-hydrogen) atoms. The molecule has 1 aromatic heterocycles. The third-order valence-electron chi connectivity index (χ3n) is 1.79. The van der Waals surface area contributed by atoms with Crippen molar-refractivity contribution < 1.29 is 19.8 Å². The molecular weight excluding hydrogens is 206 g/mol. The van der Waals surface area contributed by atoms with E-state index in [-0.39, 0.29) is 0 Å². The topological polar surface area (TPSA) is 144 Å². The molecule has 0 fully saturated rings. The lowest BCUT2D eigenvalue weighted by molar-refractivity contribution is -0.141. The monoisotopic (exact) mass is 215 g/mol. The number of hydrogen-bond acceptors (Lipinski definition) is 6. The summed E-state index contributed by atoms with van der Waals surface area (Å²) < 4.78 is 1.02. The molecule has 9 nitrogen and oxygen atoms in total. The van der Waals surface area contributed by atoms with Crippen LogP contribution in [0, 0.1) is 0 Å². The Balaban J connectivity index is 2.88. The summed E-state index contributed by atoms with van der Waals surface area (Å²) in [6.45, 7) is 0. The molecule has 82 valence electrons. The Labute approximate surface area is 83.5 Å². The van der Waals surface area contributed by atoms with Crippen molar-refractivity contribution in [1.29, 1.82) is 0 Å². The van der Waals surface area contributed by atoms with E-state index in [2.05, 4.69) is 15.5 Å². The normalized spacial score (nSPS) is 14.5. The maximum Gasteiger partial charge on any atom is 0.322 e. The van der Waals surface area contributed by atoms with E-state index >= 15 is 0 Å². The molecule has 1 aromatic rings. The second-order valence-electron chi connectivity index (χ2n) is 2.82. The number of nitrogens with two attached hydrogens (primary N) is 1. The molecule has 0 aliphatic heterocycles. The summed E-state index contributed by atoms with van der Waals surface area (Å²) in [6, 6.07) is -2.38. The molecule has 4 N–H and O–H groups in total. The maximum absolute atomic E-state index is 10.6. The van der Waals surface area contributed by atoms with Gasteiger partial charge >= 0.3 is 11.9 Å². The lowest BCUT2D eigenvalue weighted by atomic mass is 10.1. The van der Waals surface area contributed by atoms with E-state index < -0.39 is 30.4 Å². The molecule has 0 spiro atoms. The van der Waals surface area contributed by atoms with Gasteiger partial charge in [-0.05, 0) is 10.4 Å². The summed E-state index contributed by atoms with van der Waals surface area (Å²) in [5, 5.41) is 27.2. The summed E-state index contributed by atoms with van der Waals surface area (Å²) >= 11 is 0. The second-order valence-corrected chi connectivity index (χ2v) is 2.82. The minimum Gasteiger partial charge on any atom is -0.481 e. The predicted octanol–water partition coefficient (Wildman–Crippen LogP) is -1.90. The molecule has 0 aromatic carbocycles. The highest BCUT2D eigenvalue weighted by molar-refractivity contribution is 5.75. The number of aliphatic carboxylic acids is 2. The first-order valence-electron chi connectivity index (χ1n) is 3.95. The van der Waals surface area contributed by atoms with E-state index in [1.165, 1.54) is 0 Å². The Morgan fingerprint density at radius 2 is 2.13 bits per heavy atom. The molecule has 2 atom stereocenters. The molecule has 0 aliphatic rings. The summed E-state index contributed by atoms with van der Waals surface area (Å²) in [7, 11) is 0. The Hall–Kier alpha value is -2.03. The largest absolute Gasteiger partial charge is 0.481 e. The first-order valence-corrected chi connectivity index (χ1v) is 3.95. The first kappa shape index (κ1) is 11.0. The van der Waals surface area contributed by atoms with Crippen LogP contribution in [-0.4, -0.2) is 48.4 Å². The van der Waals surface area contributed by atoms with Crippen molar-refractivity contribution in [2.45, 2.75) is 18.5 Å². The predicted molar refractivity (Wildman–Crippen MR) is 44.7 cm³/mol. The molecule has 0 aliphatic carbocycles. The van der Waals surface area contributed by atoms with E-state index in [1.807, 2.05) is 0 Å². The van der Waals surface area contributed by atoms with Crippen LogP contribution in [0.25, 0.3) is 0 Å². The Kier molecular flexibility index (Phi) is 3.29. The zero-order chi connectivity index (χ0) is 11.4. The minimum atomic E-state index is -1.37. The fourth-order valence-corrected chi connectivity index (χ4v) is 1.05. The van der Waals surface area contributed by atoms with Gasteiger partial charge in [0.15, 0.2) is 0 Å². The van der Waals surface area contributed by atoms with Crippen LogP contribution in [0.5, 0.6) is 0 Å². The maximum atomic E-state index is 10.6. The molecular formula is C6H9N5O4. The minimum absolute atomic E-state index is 0.460. The van der Waals surface area contributed by atoms with Gasteiger partial charge in [0.2, 0.25) is 0 Å². The number of rotatable bonds is 5. The summed E-state index contributed by atoms with van der Waals surface area (Å²) in [5.41, 5.74) is 5.32. The van der Waals surface area contributed by atoms with Crippen molar-refractivity contribution in [3.05, 3.63) is 6.33 Å². The fourth-order valence-electron chi connectivity index (χ4n) is 1.05. The number of nitrogens with zero attached hydrogens (tertiary/aromatic N) is 4. The van der Waals surface area contributed by atoms with Gasteiger partial charge < -0.3 is 15.9 Å². The molecule has 0 saturated carbocycles. The Bertz CT molecular complexity index is 350. The average molecular weight is 215 g/mol. The number of aromatic nitrogens is 4. The van der Waals surface area contributed by atoms with Crippen LogP contribution in [0.2, 0.25) is 0 Å². The van der Waals surface area contributed by atoms with Crippen LogP contribution in [0.15, 0.2) is 6.33 Å². The first-order chi connectivity index (χ1) is 7.02. The standard InChI is InChI=1S/C6H9N5O4/c7-5(6(14)15)3(1-4(12)13)11-2-8-9-10-11/h2-3,5H,1,7H2,(H,12,13)(H,14,15). The van der Waals surface area contributed by atoms with Gasteiger partial charge in [0.25, 0.3) is 0 Å². The number of tetrazole rings is 1. The third-order valence-corrected chi connectivity index (χ3v) is 1.79. The number of carboxylic acid groups (broad SMARTS) is 2. The van der Waals surface area contributed by atoms with Crippen molar-refractivity contribution in [3.8, 4) is 0 Å². The van der Waals surface area contributed by atoms with Crippen molar-refractivity contribution in [2.75, 3.05) is 0 Å². The summed E-state index contributed by atoms with van der Waals surface area (Å²) in [6.07, 6.45) is 0.662. The van der Waals surface area contributed by atoms with E-state index in [0.717, 1.165) is 11.0 Å². The van der Waals surface area contributed by atoms with E-state index in [0.29, 0.717) is 0 Å². The van der Waals surface area contributed by atoms with Gasteiger partial charge in [0.1, 0.15) is 12.4 Å². The van der Waals surface area contributed by atoms with Gasteiger partial charge in [-0.15, -0.1) is 5.10 Å². The molecule has 0 radical (unpaired) electrons. The summed E-state index contributed by atoms with van der Waals surface area (Å²) in [4.78, 5) is 21.1. The van der Waals surface area contributed by atoms with E-state index in [1.54, 1.807) is 0 Å². The van der Waals surface area contributed by atoms with Crippen LogP contribution in [0.1, 0.15) is 12.5 Å². The Morgan fingerprint density at radius 3 is 2.53 bits per heavy atom. The van der Waals surface area contributed by atoms with Gasteiger partial charge in [0, 0.05) is 0 Å². The average Bonchev–Trinajstić information content (AvgIpc) is 2.65. The second kappa shape index (κ2) is 4.46. The number of hydrogen-bond donors (Lipinski definition) is 3. The van der Waals surface area contributed by atoms with Crippen LogP contribution in [0.4, 0.5) is 0 Å². The molecule has 1 heterocycles. The van der Waals surface area contributed by atoms with Crippen molar-refractivity contribution in [1.82, 2.24) is 20.2 Å². The van der Waals surface area contributed by atoms with Gasteiger partial charge in [-0.2, -0.15) is 0 Å². The zero-order valence-corrected chi connectivity index (χ0v) is 7.52. The molecule has 0 amide bonds. The lowest BCUT2D eigenvalue weighted by Crippen LogP contribution is -2.40. The highest BCUT2D eigenvalue weighted by Crippen LogP contribution is 2.13. The van der Waals surface area contributed by atoms with Gasteiger partial charge in [-0.25, -0.2) is 4.68 Å². The summed E-state index contributed by atoms with van der Waals surface area (Å²) in [5.74, 6) is -2.48. The quantitative estimate of drug-likeness (QED) is 0.516. The smallest absolute Gasteiger partial charge is 0.322 e. The number of carboxylic acids is 2. The van der Waals surface area contributed by atoms with Crippen molar-refractivity contribution in [2.24, 2.45) is 5.73 Å². The highest BCUT2D eigenvalue weighted by atomic mass is 16.4. The Morgan fingerprint density at radius 1 is 1.47 bits per heavy atom. The molecule has 0 saturated heterocycles. The number of carbonyl (C=O) groups is 2. The molecule has 0 bridgehead atoms. The van der Waals surface area contributed by atoms with Gasteiger partial charge in [-0.3, -0.25) is 9.59 Å². The van der Waals surface area contributed by atoms with E-state index in [9.17, 15) is 9.59 Å². The van der Waals surface area contributed by atoms with Gasteiger partial charge in [-0.1, -0.05) is 0 Å². The van der Waals surface area contributed by atoms with Crippen LogP contribution in [-0.2, 0) is 9.59 Å². The lowest BCUT2D eigenvalue weighted by Gasteiger charge is -2.17. The molecule has 1 rings (SSSR count). The fraction of sp³-hybridized carbons (Fsp3) is 0.500. The zero-order valence-electron chi connectivity index (χ0n) is 7.52. The highest BCUT2D eigenvalue weighted by Gasteiger charge is 2.29. The van der Waals surface area contributed by atoms with Crippen molar-refractivity contribution >= 4 is 11.9 Å². The SMILES string of the molecule is NC(C(=O)O)C(CC(=O)O)n1cnnn1.